The molecule has 2 rings (SSSR count). The van der Waals surface area contributed by atoms with Crippen LogP contribution < -0.4 is 11.1 Å². The first-order valence-corrected chi connectivity index (χ1v) is 4.57. The van der Waals surface area contributed by atoms with E-state index in [0.29, 0.717) is 11.8 Å². The minimum atomic E-state index is -0.171. The average molecular weight is 182 g/mol. The van der Waals surface area contributed by atoms with Gasteiger partial charge in [0.05, 0.1) is 6.04 Å². The minimum absolute atomic E-state index is 0.171. The Morgan fingerprint density at radius 2 is 2.54 bits per heavy atom. The van der Waals surface area contributed by atoms with E-state index in [9.17, 15) is 0 Å². The zero-order chi connectivity index (χ0) is 9.26. The summed E-state index contributed by atoms with van der Waals surface area (Å²) in [5, 5.41) is 7.17. The van der Waals surface area contributed by atoms with E-state index in [1.807, 2.05) is 6.92 Å². The quantitative estimate of drug-likeness (QED) is 0.681. The second kappa shape index (κ2) is 3.43. The van der Waals surface area contributed by atoms with Crippen molar-refractivity contribution in [3.63, 3.8) is 0 Å². The molecule has 5 nitrogen and oxygen atoms in total. The Hall–Kier alpha value is -0.940. The van der Waals surface area contributed by atoms with Crippen molar-refractivity contribution in [1.29, 1.82) is 0 Å². The molecule has 1 aliphatic heterocycles. The molecule has 3 N–H and O–H groups in total. The molecule has 1 aromatic heterocycles. The standard InChI is InChI=1S/C8H14N4O/c1-5(9)8-11-7(12-13-8)6-2-3-10-4-6/h5-6,10H,2-4,9H2,1H3/t5-,6?/m0/s1. The van der Waals surface area contributed by atoms with Crippen LogP contribution >= 0.6 is 0 Å². The van der Waals surface area contributed by atoms with E-state index in [4.69, 9.17) is 10.3 Å². The molecule has 2 atom stereocenters. The van der Waals surface area contributed by atoms with Gasteiger partial charge in [-0.05, 0) is 19.9 Å². The Morgan fingerprint density at radius 3 is 3.08 bits per heavy atom. The van der Waals surface area contributed by atoms with Crippen LogP contribution in [0, 0.1) is 0 Å². The van der Waals surface area contributed by atoms with Gasteiger partial charge in [0.25, 0.3) is 0 Å². The zero-order valence-corrected chi connectivity index (χ0v) is 7.66. The third kappa shape index (κ3) is 1.71. The lowest BCUT2D eigenvalue weighted by atomic mass is 10.1. The van der Waals surface area contributed by atoms with Crippen molar-refractivity contribution < 1.29 is 4.52 Å². The van der Waals surface area contributed by atoms with Gasteiger partial charge >= 0.3 is 0 Å². The highest BCUT2D eigenvalue weighted by molar-refractivity contribution is 5.00. The SMILES string of the molecule is C[C@H](N)c1nc(C2CCNC2)no1. The Balaban J connectivity index is 2.12. The van der Waals surface area contributed by atoms with Gasteiger partial charge in [-0.2, -0.15) is 4.98 Å². The molecule has 72 valence electrons. The molecule has 13 heavy (non-hydrogen) atoms. The number of hydrogen-bond acceptors (Lipinski definition) is 5. The summed E-state index contributed by atoms with van der Waals surface area (Å²) in [6, 6.07) is -0.171. The van der Waals surface area contributed by atoms with Gasteiger partial charge in [0.2, 0.25) is 5.89 Å². The third-order valence-electron chi connectivity index (χ3n) is 2.27. The van der Waals surface area contributed by atoms with Crippen molar-refractivity contribution in [1.82, 2.24) is 15.5 Å². The summed E-state index contributed by atoms with van der Waals surface area (Å²) in [4.78, 5) is 4.25. The highest BCUT2D eigenvalue weighted by Crippen LogP contribution is 2.20. The minimum Gasteiger partial charge on any atom is -0.338 e. The number of nitrogens with zero attached hydrogens (tertiary/aromatic N) is 2. The summed E-state index contributed by atoms with van der Waals surface area (Å²) in [7, 11) is 0. The lowest BCUT2D eigenvalue weighted by molar-refractivity contribution is 0.355. The van der Waals surface area contributed by atoms with Gasteiger partial charge < -0.3 is 15.6 Å². The molecule has 0 amide bonds. The van der Waals surface area contributed by atoms with Crippen LogP contribution in [0.1, 0.15) is 37.0 Å². The van der Waals surface area contributed by atoms with Crippen molar-refractivity contribution in [2.75, 3.05) is 13.1 Å². The van der Waals surface area contributed by atoms with Crippen LogP contribution in [0.3, 0.4) is 0 Å². The monoisotopic (exact) mass is 182 g/mol. The van der Waals surface area contributed by atoms with Gasteiger partial charge in [-0.15, -0.1) is 0 Å². The molecule has 0 aliphatic carbocycles. The number of hydrogen-bond donors (Lipinski definition) is 2. The summed E-state index contributed by atoms with van der Waals surface area (Å²) < 4.78 is 5.02. The summed E-state index contributed by atoms with van der Waals surface area (Å²) in [5.41, 5.74) is 5.61. The lowest BCUT2D eigenvalue weighted by Gasteiger charge is -1.99. The van der Waals surface area contributed by atoms with Crippen LogP contribution in [-0.2, 0) is 0 Å². The number of aromatic nitrogens is 2. The van der Waals surface area contributed by atoms with Gasteiger partial charge in [0, 0.05) is 12.5 Å². The van der Waals surface area contributed by atoms with Crippen LogP contribution in [0.15, 0.2) is 4.52 Å². The van der Waals surface area contributed by atoms with Gasteiger partial charge in [-0.25, -0.2) is 0 Å². The zero-order valence-electron chi connectivity index (χ0n) is 7.66. The maximum atomic E-state index is 5.61. The second-order valence-corrected chi connectivity index (χ2v) is 3.47. The molecule has 1 saturated heterocycles. The molecule has 0 spiro atoms. The fourth-order valence-electron chi connectivity index (χ4n) is 1.47. The van der Waals surface area contributed by atoms with Crippen LogP contribution in [0.5, 0.6) is 0 Å². The van der Waals surface area contributed by atoms with Crippen LogP contribution in [0.4, 0.5) is 0 Å². The molecule has 0 saturated carbocycles. The first-order chi connectivity index (χ1) is 6.27. The van der Waals surface area contributed by atoms with Crippen LogP contribution in [0.2, 0.25) is 0 Å². The van der Waals surface area contributed by atoms with Crippen LogP contribution in [0.25, 0.3) is 0 Å². The first-order valence-electron chi connectivity index (χ1n) is 4.57. The Labute approximate surface area is 76.7 Å². The Kier molecular flexibility index (Phi) is 2.28. The van der Waals surface area contributed by atoms with E-state index < -0.39 is 0 Å². The predicted octanol–water partition coefficient (Wildman–Crippen LogP) is 0.166. The smallest absolute Gasteiger partial charge is 0.243 e. The summed E-state index contributed by atoms with van der Waals surface area (Å²) in [6.45, 7) is 3.81. The van der Waals surface area contributed by atoms with Gasteiger partial charge in [0.15, 0.2) is 5.82 Å². The maximum Gasteiger partial charge on any atom is 0.243 e. The molecule has 1 unspecified atom stereocenters. The van der Waals surface area contributed by atoms with E-state index in [2.05, 4.69) is 15.5 Å². The molecule has 0 radical (unpaired) electrons. The molecular formula is C8H14N4O. The van der Waals surface area contributed by atoms with Crippen LogP contribution in [-0.4, -0.2) is 23.2 Å². The highest BCUT2D eigenvalue weighted by Gasteiger charge is 2.22. The average Bonchev–Trinajstić information content (AvgIpc) is 2.75. The topological polar surface area (TPSA) is 77.0 Å². The molecule has 0 bridgehead atoms. The second-order valence-electron chi connectivity index (χ2n) is 3.47. The van der Waals surface area contributed by atoms with Crippen molar-refractivity contribution in [2.45, 2.75) is 25.3 Å². The summed E-state index contributed by atoms with van der Waals surface area (Å²) in [6.07, 6.45) is 1.08. The molecule has 1 aliphatic rings. The summed E-state index contributed by atoms with van der Waals surface area (Å²) in [5.74, 6) is 1.72. The molecule has 1 aromatic rings. The van der Waals surface area contributed by atoms with E-state index in [1.165, 1.54) is 0 Å². The molecular weight excluding hydrogens is 168 g/mol. The molecule has 1 fully saturated rings. The number of nitrogens with two attached hydrogens (primary N) is 1. The first kappa shape index (κ1) is 8.65. The molecule has 0 aromatic carbocycles. The maximum absolute atomic E-state index is 5.61. The largest absolute Gasteiger partial charge is 0.338 e. The van der Waals surface area contributed by atoms with E-state index in [1.54, 1.807) is 0 Å². The van der Waals surface area contributed by atoms with E-state index >= 15 is 0 Å². The predicted molar refractivity (Wildman–Crippen MR) is 47.1 cm³/mol. The van der Waals surface area contributed by atoms with Gasteiger partial charge in [-0.3, -0.25) is 0 Å². The fourth-order valence-corrected chi connectivity index (χ4v) is 1.47. The normalized spacial score (nSPS) is 24.9. The molecule has 2 heterocycles. The Morgan fingerprint density at radius 1 is 1.69 bits per heavy atom. The fraction of sp³-hybridized carbons (Fsp3) is 0.750. The van der Waals surface area contributed by atoms with Crippen molar-refractivity contribution in [2.24, 2.45) is 5.73 Å². The van der Waals surface area contributed by atoms with E-state index in [-0.39, 0.29) is 6.04 Å². The van der Waals surface area contributed by atoms with E-state index in [0.717, 1.165) is 25.3 Å². The number of nitrogens with one attached hydrogen (secondary N) is 1. The lowest BCUT2D eigenvalue weighted by Crippen LogP contribution is -2.09. The van der Waals surface area contributed by atoms with Gasteiger partial charge in [-0.1, -0.05) is 5.16 Å². The number of rotatable bonds is 2. The third-order valence-corrected chi connectivity index (χ3v) is 2.27. The Bertz CT molecular complexity index is 277. The van der Waals surface area contributed by atoms with Crippen molar-refractivity contribution in [3.05, 3.63) is 11.7 Å². The molecule has 5 heteroatoms. The van der Waals surface area contributed by atoms with Crippen molar-refractivity contribution in [3.8, 4) is 0 Å². The summed E-state index contributed by atoms with van der Waals surface area (Å²) >= 11 is 0. The van der Waals surface area contributed by atoms with Crippen molar-refractivity contribution >= 4 is 0 Å². The highest BCUT2D eigenvalue weighted by atomic mass is 16.5. The van der Waals surface area contributed by atoms with Gasteiger partial charge in [0.1, 0.15) is 0 Å².